The Morgan fingerprint density at radius 2 is 2.06 bits per heavy atom. The molecule has 5 heteroatoms. The summed E-state index contributed by atoms with van der Waals surface area (Å²) in [6.45, 7) is 7.50. The monoisotopic (exact) mass is 239 g/mol. The van der Waals surface area contributed by atoms with Crippen LogP contribution in [-0.2, 0) is 9.59 Å². The second-order valence-electron chi connectivity index (χ2n) is 5.04. The average molecular weight is 239 g/mol. The molecule has 96 valence electrons. The lowest BCUT2D eigenvalue weighted by molar-refractivity contribution is -0.138. The SMILES string of the molecule is CC(=O)N1CCC(C(=O)N2CCNC[C@H]2C)C1. The van der Waals surface area contributed by atoms with Crippen LogP contribution in [0, 0.1) is 5.92 Å². The molecule has 2 rings (SSSR count). The third-order valence-electron chi connectivity index (χ3n) is 3.77. The molecule has 17 heavy (non-hydrogen) atoms. The van der Waals surface area contributed by atoms with E-state index in [0.717, 1.165) is 32.6 Å². The predicted molar refractivity (Wildman–Crippen MR) is 64.4 cm³/mol. The Hall–Kier alpha value is -1.10. The van der Waals surface area contributed by atoms with Crippen molar-refractivity contribution in [1.82, 2.24) is 15.1 Å². The van der Waals surface area contributed by atoms with Gasteiger partial charge in [-0.05, 0) is 13.3 Å². The maximum atomic E-state index is 12.3. The summed E-state index contributed by atoms with van der Waals surface area (Å²) >= 11 is 0. The van der Waals surface area contributed by atoms with Crippen molar-refractivity contribution in [3.8, 4) is 0 Å². The van der Waals surface area contributed by atoms with Gasteiger partial charge in [0.25, 0.3) is 0 Å². The van der Waals surface area contributed by atoms with Crippen LogP contribution in [0.5, 0.6) is 0 Å². The first-order chi connectivity index (χ1) is 8.09. The van der Waals surface area contributed by atoms with E-state index in [2.05, 4.69) is 12.2 Å². The zero-order valence-electron chi connectivity index (χ0n) is 10.6. The highest BCUT2D eigenvalue weighted by Gasteiger charge is 2.34. The van der Waals surface area contributed by atoms with Gasteiger partial charge in [-0.1, -0.05) is 0 Å². The molecule has 2 saturated heterocycles. The summed E-state index contributed by atoms with van der Waals surface area (Å²) in [4.78, 5) is 27.3. The second-order valence-corrected chi connectivity index (χ2v) is 5.04. The normalized spacial score (nSPS) is 29.5. The van der Waals surface area contributed by atoms with E-state index in [1.165, 1.54) is 0 Å². The molecule has 5 nitrogen and oxygen atoms in total. The Bertz CT molecular complexity index is 319. The topological polar surface area (TPSA) is 52.7 Å². The molecule has 0 saturated carbocycles. The standard InChI is InChI=1S/C12H21N3O2/c1-9-7-13-4-6-15(9)12(17)11-3-5-14(8-11)10(2)16/h9,11,13H,3-8H2,1-2H3/t9-,11?/m1/s1. The van der Waals surface area contributed by atoms with Crippen LogP contribution in [0.15, 0.2) is 0 Å². The number of hydrogen-bond acceptors (Lipinski definition) is 3. The second kappa shape index (κ2) is 5.04. The zero-order chi connectivity index (χ0) is 12.4. The Morgan fingerprint density at radius 1 is 1.29 bits per heavy atom. The van der Waals surface area contributed by atoms with E-state index >= 15 is 0 Å². The predicted octanol–water partition coefficient (Wildman–Crippen LogP) is -0.325. The molecule has 0 aromatic rings. The first-order valence-corrected chi connectivity index (χ1v) is 6.36. The number of piperazine rings is 1. The third-order valence-corrected chi connectivity index (χ3v) is 3.77. The van der Waals surface area contributed by atoms with Crippen molar-refractivity contribution in [2.24, 2.45) is 5.92 Å². The van der Waals surface area contributed by atoms with Gasteiger partial charge in [0.1, 0.15) is 0 Å². The Kier molecular flexibility index (Phi) is 3.66. The fourth-order valence-electron chi connectivity index (χ4n) is 2.65. The van der Waals surface area contributed by atoms with Gasteiger partial charge in [-0.3, -0.25) is 9.59 Å². The lowest BCUT2D eigenvalue weighted by atomic mass is 10.1. The summed E-state index contributed by atoms with van der Waals surface area (Å²) in [5.74, 6) is 0.316. The molecule has 2 fully saturated rings. The van der Waals surface area contributed by atoms with Crippen molar-refractivity contribution in [1.29, 1.82) is 0 Å². The minimum Gasteiger partial charge on any atom is -0.342 e. The molecule has 2 amide bonds. The van der Waals surface area contributed by atoms with Gasteiger partial charge in [0.2, 0.25) is 11.8 Å². The van der Waals surface area contributed by atoms with Crippen LogP contribution in [0.2, 0.25) is 0 Å². The van der Waals surface area contributed by atoms with Crippen LogP contribution in [0.4, 0.5) is 0 Å². The molecule has 2 atom stereocenters. The molecule has 0 aliphatic carbocycles. The van der Waals surface area contributed by atoms with Gasteiger partial charge in [-0.2, -0.15) is 0 Å². The highest BCUT2D eigenvalue weighted by atomic mass is 16.2. The van der Waals surface area contributed by atoms with Gasteiger partial charge in [-0.15, -0.1) is 0 Å². The maximum absolute atomic E-state index is 12.3. The summed E-state index contributed by atoms with van der Waals surface area (Å²) in [5, 5.41) is 3.28. The molecular formula is C12H21N3O2. The fraction of sp³-hybridized carbons (Fsp3) is 0.833. The minimum atomic E-state index is 0.0134. The number of nitrogens with one attached hydrogen (secondary N) is 1. The fourth-order valence-corrected chi connectivity index (χ4v) is 2.65. The number of amides is 2. The largest absolute Gasteiger partial charge is 0.342 e. The molecule has 0 aromatic heterocycles. The van der Waals surface area contributed by atoms with E-state index in [4.69, 9.17) is 0 Å². The molecule has 0 radical (unpaired) electrons. The quantitative estimate of drug-likeness (QED) is 0.682. The van der Waals surface area contributed by atoms with Crippen molar-refractivity contribution >= 4 is 11.8 Å². The van der Waals surface area contributed by atoms with E-state index in [1.807, 2.05) is 4.90 Å². The Morgan fingerprint density at radius 3 is 2.65 bits per heavy atom. The van der Waals surface area contributed by atoms with Crippen molar-refractivity contribution in [2.45, 2.75) is 26.3 Å². The molecule has 1 N–H and O–H groups in total. The van der Waals surface area contributed by atoms with Crippen molar-refractivity contribution in [2.75, 3.05) is 32.7 Å². The van der Waals surface area contributed by atoms with E-state index in [1.54, 1.807) is 11.8 Å². The number of likely N-dealkylation sites (tertiary alicyclic amines) is 1. The molecule has 2 heterocycles. The maximum Gasteiger partial charge on any atom is 0.227 e. The van der Waals surface area contributed by atoms with Crippen LogP contribution in [0.3, 0.4) is 0 Å². The number of rotatable bonds is 1. The molecule has 1 unspecified atom stereocenters. The third kappa shape index (κ3) is 2.60. The van der Waals surface area contributed by atoms with Gasteiger partial charge < -0.3 is 15.1 Å². The average Bonchev–Trinajstić information content (AvgIpc) is 2.78. The van der Waals surface area contributed by atoms with Gasteiger partial charge in [0.15, 0.2) is 0 Å². The summed E-state index contributed by atoms with van der Waals surface area (Å²) in [6.07, 6.45) is 0.815. The van der Waals surface area contributed by atoms with E-state index < -0.39 is 0 Å². The highest BCUT2D eigenvalue weighted by Crippen LogP contribution is 2.20. The summed E-state index contributed by atoms with van der Waals surface area (Å²) in [6, 6.07) is 0.266. The number of hydrogen-bond donors (Lipinski definition) is 1. The van der Waals surface area contributed by atoms with Crippen LogP contribution >= 0.6 is 0 Å². The lowest BCUT2D eigenvalue weighted by Crippen LogP contribution is -2.54. The van der Waals surface area contributed by atoms with Crippen molar-refractivity contribution in [3.05, 3.63) is 0 Å². The van der Waals surface area contributed by atoms with Gasteiger partial charge in [0, 0.05) is 45.7 Å². The molecule has 0 bridgehead atoms. The van der Waals surface area contributed by atoms with Gasteiger partial charge in [-0.25, -0.2) is 0 Å². The molecular weight excluding hydrogens is 218 g/mol. The Balaban J connectivity index is 1.94. The van der Waals surface area contributed by atoms with Crippen LogP contribution in [0.25, 0.3) is 0 Å². The van der Waals surface area contributed by atoms with Crippen LogP contribution in [0.1, 0.15) is 20.3 Å². The van der Waals surface area contributed by atoms with E-state index in [-0.39, 0.29) is 23.8 Å². The number of nitrogens with zero attached hydrogens (tertiary/aromatic N) is 2. The minimum absolute atomic E-state index is 0.0134. The number of carbonyl (C=O) groups is 2. The first-order valence-electron chi connectivity index (χ1n) is 6.36. The van der Waals surface area contributed by atoms with Crippen molar-refractivity contribution < 1.29 is 9.59 Å². The first kappa shape index (κ1) is 12.4. The lowest BCUT2D eigenvalue weighted by Gasteiger charge is -2.35. The number of carbonyl (C=O) groups excluding carboxylic acids is 2. The highest BCUT2D eigenvalue weighted by molar-refractivity contribution is 5.81. The smallest absolute Gasteiger partial charge is 0.227 e. The summed E-state index contributed by atoms with van der Waals surface area (Å²) < 4.78 is 0. The van der Waals surface area contributed by atoms with Crippen molar-refractivity contribution in [3.63, 3.8) is 0 Å². The summed E-state index contributed by atoms with van der Waals surface area (Å²) in [7, 11) is 0. The van der Waals surface area contributed by atoms with Gasteiger partial charge >= 0.3 is 0 Å². The van der Waals surface area contributed by atoms with Crippen LogP contribution < -0.4 is 5.32 Å². The molecule has 0 aromatic carbocycles. The Labute approximate surface area is 102 Å². The molecule has 2 aliphatic rings. The zero-order valence-corrected chi connectivity index (χ0v) is 10.6. The van der Waals surface area contributed by atoms with Gasteiger partial charge in [0.05, 0.1) is 5.92 Å². The molecule has 0 spiro atoms. The van der Waals surface area contributed by atoms with E-state index in [9.17, 15) is 9.59 Å². The molecule has 2 aliphatic heterocycles. The van der Waals surface area contributed by atoms with E-state index in [0.29, 0.717) is 6.54 Å². The summed E-state index contributed by atoms with van der Waals surface area (Å²) in [5.41, 5.74) is 0. The van der Waals surface area contributed by atoms with Crippen LogP contribution in [-0.4, -0.2) is 60.4 Å².